The zero-order chi connectivity index (χ0) is 17.6. The van der Waals surface area contributed by atoms with E-state index in [0.717, 1.165) is 0 Å². The summed E-state index contributed by atoms with van der Waals surface area (Å²) in [6.45, 7) is 0. The van der Waals surface area contributed by atoms with Gasteiger partial charge in [-0.25, -0.2) is 4.98 Å². The smallest absolute Gasteiger partial charge is 0.257 e. The van der Waals surface area contributed by atoms with E-state index in [2.05, 4.69) is 25.8 Å². The topological polar surface area (TPSA) is 96.9 Å². The quantitative estimate of drug-likeness (QED) is 0.475. The number of benzene rings is 1. The lowest BCUT2D eigenvalue weighted by atomic mass is 10.2. The number of aromatic nitrogens is 3. The van der Waals surface area contributed by atoms with Gasteiger partial charge in [-0.1, -0.05) is 40.8 Å². The number of amides is 2. The summed E-state index contributed by atoms with van der Waals surface area (Å²) in [6.07, 6.45) is 1.62. The average Bonchev–Trinajstić information content (AvgIpc) is 3.25. The van der Waals surface area contributed by atoms with Crippen molar-refractivity contribution in [1.82, 2.24) is 15.2 Å². The summed E-state index contributed by atoms with van der Waals surface area (Å²) in [7, 11) is 0. The summed E-state index contributed by atoms with van der Waals surface area (Å²) in [5.74, 6) is -0.326. The first-order chi connectivity index (χ1) is 12.1. The van der Waals surface area contributed by atoms with Gasteiger partial charge in [0.2, 0.25) is 11.0 Å². The fraction of sp³-hybridized carbons (Fsp3) is 0.0714. The number of carbonyl (C=O) groups excluding carboxylic acids is 2. The molecule has 0 aliphatic rings. The molecule has 0 fully saturated rings. The van der Waals surface area contributed by atoms with Gasteiger partial charge in [-0.2, -0.15) is 0 Å². The van der Waals surface area contributed by atoms with Gasteiger partial charge in [0.25, 0.3) is 5.91 Å². The maximum atomic E-state index is 12.1. The van der Waals surface area contributed by atoms with Crippen LogP contribution in [0, 0.1) is 0 Å². The van der Waals surface area contributed by atoms with Crippen LogP contribution in [0.1, 0.15) is 10.4 Å². The molecular formula is C14H10ClN5O2S3. The number of nitrogens with zero attached hydrogens (tertiary/aromatic N) is 3. The van der Waals surface area contributed by atoms with Gasteiger partial charge >= 0.3 is 0 Å². The van der Waals surface area contributed by atoms with Crippen LogP contribution in [-0.4, -0.2) is 32.7 Å². The lowest BCUT2D eigenvalue weighted by Crippen LogP contribution is -2.13. The molecule has 25 heavy (non-hydrogen) atoms. The van der Waals surface area contributed by atoms with Crippen molar-refractivity contribution < 1.29 is 9.59 Å². The molecule has 2 heterocycles. The number of carbonyl (C=O) groups is 2. The van der Waals surface area contributed by atoms with Gasteiger partial charge in [-0.05, 0) is 18.2 Å². The fourth-order valence-electron chi connectivity index (χ4n) is 1.69. The van der Waals surface area contributed by atoms with Crippen molar-refractivity contribution in [3.63, 3.8) is 0 Å². The highest BCUT2D eigenvalue weighted by Crippen LogP contribution is 2.26. The van der Waals surface area contributed by atoms with E-state index in [0.29, 0.717) is 25.2 Å². The molecule has 7 nitrogen and oxygen atoms in total. The molecule has 0 saturated heterocycles. The van der Waals surface area contributed by atoms with Gasteiger partial charge < -0.3 is 5.32 Å². The molecule has 1 aromatic carbocycles. The van der Waals surface area contributed by atoms with E-state index in [1.807, 2.05) is 0 Å². The summed E-state index contributed by atoms with van der Waals surface area (Å²) in [4.78, 5) is 27.9. The molecule has 11 heteroatoms. The summed E-state index contributed by atoms with van der Waals surface area (Å²) in [5, 5.41) is 16.3. The van der Waals surface area contributed by atoms with Crippen molar-refractivity contribution in [2.45, 2.75) is 4.34 Å². The predicted molar refractivity (Wildman–Crippen MR) is 101 cm³/mol. The first-order valence-electron chi connectivity index (χ1n) is 6.83. The van der Waals surface area contributed by atoms with E-state index in [1.165, 1.54) is 34.4 Å². The van der Waals surface area contributed by atoms with E-state index in [4.69, 9.17) is 11.6 Å². The van der Waals surface area contributed by atoms with Crippen LogP contribution in [0.15, 0.2) is 40.2 Å². The number of rotatable bonds is 6. The third kappa shape index (κ3) is 5.23. The van der Waals surface area contributed by atoms with E-state index >= 15 is 0 Å². The Bertz CT molecular complexity index is 884. The van der Waals surface area contributed by atoms with Gasteiger partial charge in [0.15, 0.2) is 9.47 Å². The first-order valence-corrected chi connectivity index (χ1v) is 9.89. The molecular weight excluding hydrogens is 402 g/mol. The SMILES string of the molecule is O=C(CSc1nnc(NC(=O)c2cccc(Cl)c2)s1)Nc1nccs1. The second-order valence-corrected chi connectivity index (χ2v) is 8.04. The van der Waals surface area contributed by atoms with Crippen molar-refractivity contribution in [3.8, 4) is 0 Å². The predicted octanol–water partition coefficient (Wildman–Crippen LogP) is 3.63. The zero-order valence-corrected chi connectivity index (χ0v) is 15.6. The number of hydrogen-bond acceptors (Lipinski definition) is 8. The number of halogens is 1. The largest absolute Gasteiger partial charge is 0.301 e. The van der Waals surface area contributed by atoms with Crippen molar-refractivity contribution in [3.05, 3.63) is 46.4 Å². The molecule has 2 N–H and O–H groups in total. The zero-order valence-electron chi connectivity index (χ0n) is 12.4. The van der Waals surface area contributed by atoms with Crippen LogP contribution in [0.2, 0.25) is 5.02 Å². The van der Waals surface area contributed by atoms with Gasteiger partial charge in [0.05, 0.1) is 5.75 Å². The maximum Gasteiger partial charge on any atom is 0.257 e. The second kappa shape index (κ2) is 8.39. The summed E-state index contributed by atoms with van der Waals surface area (Å²) in [6, 6.07) is 6.60. The molecule has 0 bridgehead atoms. The molecule has 0 atom stereocenters. The molecule has 0 aliphatic carbocycles. The Balaban J connectivity index is 1.52. The lowest BCUT2D eigenvalue weighted by molar-refractivity contribution is -0.113. The van der Waals surface area contributed by atoms with Crippen LogP contribution in [0.5, 0.6) is 0 Å². The third-order valence-corrected chi connectivity index (χ3v) is 5.61. The number of hydrogen-bond donors (Lipinski definition) is 2. The Kier molecular flexibility index (Phi) is 5.97. The maximum absolute atomic E-state index is 12.1. The molecule has 2 amide bonds. The lowest BCUT2D eigenvalue weighted by Gasteiger charge is -2.01. The minimum absolute atomic E-state index is 0.177. The fourth-order valence-corrected chi connectivity index (χ4v) is 3.97. The van der Waals surface area contributed by atoms with Crippen LogP contribution in [-0.2, 0) is 4.79 Å². The highest BCUT2D eigenvalue weighted by Gasteiger charge is 2.12. The monoisotopic (exact) mass is 411 g/mol. The number of thioether (sulfide) groups is 1. The summed E-state index contributed by atoms with van der Waals surface area (Å²) < 4.78 is 0.579. The van der Waals surface area contributed by atoms with Gasteiger partial charge in [-0.15, -0.1) is 21.5 Å². The van der Waals surface area contributed by atoms with E-state index in [1.54, 1.807) is 35.8 Å². The molecule has 2 aromatic heterocycles. The second-order valence-electron chi connectivity index (χ2n) is 4.51. The Hall–Kier alpha value is -2.01. The third-order valence-electron chi connectivity index (χ3n) is 2.72. The molecule has 0 spiro atoms. The van der Waals surface area contributed by atoms with Crippen LogP contribution in [0.4, 0.5) is 10.3 Å². The summed E-state index contributed by atoms with van der Waals surface area (Å²) in [5.41, 5.74) is 0.430. The standard InChI is InChI=1S/C14H10ClN5O2S3/c15-9-3-1-2-8(6-9)11(22)18-13-19-20-14(25-13)24-7-10(21)17-12-16-4-5-23-12/h1-6H,7H2,(H,16,17,21)(H,18,19,22). The Labute approximate surface area is 159 Å². The average molecular weight is 412 g/mol. The molecule has 128 valence electrons. The van der Waals surface area contributed by atoms with Crippen LogP contribution in [0.25, 0.3) is 0 Å². The van der Waals surface area contributed by atoms with Gasteiger partial charge in [0.1, 0.15) is 0 Å². The normalized spacial score (nSPS) is 10.4. The highest BCUT2D eigenvalue weighted by atomic mass is 35.5. The van der Waals surface area contributed by atoms with E-state index in [-0.39, 0.29) is 17.6 Å². The minimum Gasteiger partial charge on any atom is -0.301 e. The van der Waals surface area contributed by atoms with Crippen LogP contribution in [0.3, 0.4) is 0 Å². The van der Waals surface area contributed by atoms with E-state index < -0.39 is 0 Å². The molecule has 0 aliphatic heterocycles. The Morgan fingerprint density at radius 3 is 2.84 bits per heavy atom. The Morgan fingerprint density at radius 2 is 2.08 bits per heavy atom. The van der Waals surface area contributed by atoms with Crippen molar-refractivity contribution >= 4 is 68.1 Å². The number of anilines is 2. The highest BCUT2D eigenvalue weighted by molar-refractivity contribution is 8.01. The number of nitrogens with one attached hydrogen (secondary N) is 2. The molecule has 0 unspecified atom stereocenters. The van der Waals surface area contributed by atoms with Gasteiger partial charge in [0, 0.05) is 22.2 Å². The van der Waals surface area contributed by atoms with Crippen LogP contribution < -0.4 is 10.6 Å². The van der Waals surface area contributed by atoms with Crippen molar-refractivity contribution in [2.24, 2.45) is 0 Å². The van der Waals surface area contributed by atoms with Crippen LogP contribution >= 0.6 is 46.0 Å². The number of thiazole rings is 1. The van der Waals surface area contributed by atoms with Crippen molar-refractivity contribution in [2.75, 3.05) is 16.4 Å². The van der Waals surface area contributed by atoms with E-state index in [9.17, 15) is 9.59 Å². The molecule has 3 rings (SSSR count). The molecule has 0 saturated carbocycles. The minimum atomic E-state index is -0.322. The molecule has 3 aromatic rings. The summed E-state index contributed by atoms with van der Waals surface area (Å²) >= 11 is 9.64. The molecule has 0 radical (unpaired) electrons. The first kappa shape index (κ1) is 17.8. The van der Waals surface area contributed by atoms with Crippen molar-refractivity contribution in [1.29, 1.82) is 0 Å². The van der Waals surface area contributed by atoms with Gasteiger partial charge in [-0.3, -0.25) is 14.9 Å². The Morgan fingerprint density at radius 1 is 1.20 bits per heavy atom.